The van der Waals surface area contributed by atoms with E-state index in [1.54, 1.807) is 24.3 Å². The largest absolute Gasteiger partial charge is 0.302 e. The average molecular weight is 348 g/mol. The molecule has 0 radical (unpaired) electrons. The first-order chi connectivity index (χ1) is 11.4. The van der Waals surface area contributed by atoms with E-state index in [2.05, 4.69) is 16.7 Å². The molecule has 1 saturated heterocycles. The molecule has 3 nitrogen and oxygen atoms in total. The summed E-state index contributed by atoms with van der Waals surface area (Å²) in [6.45, 7) is 8.67. The average Bonchev–Trinajstić information content (AvgIpc) is 2.56. The molecule has 1 fully saturated rings. The van der Waals surface area contributed by atoms with Gasteiger partial charge in [0.2, 0.25) is 0 Å². The number of nitrogens with zero attached hydrogens (tertiary/aromatic N) is 1. The van der Waals surface area contributed by atoms with Gasteiger partial charge >= 0.3 is 0 Å². The Kier molecular flexibility index (Phi) is 6.48. The standard InChI is InChI=1S/C20H29NO2S/c1-4-10-18-11-8-15-21(17-18)16-9-14-20(2,3)24(22,23)19-12-6-5-7-13-19/h5-7,12-13,18H,8-9,11,14-17H2,1-3H3. The summed E-state index contributed by atoms with van der Waals surface area (Å²) in [6.07, 6.45) is 3.94. The highest BCUT2D eigenvalue weighted by Crippen LogP contribution is 2.29. The van der Waals surface area contributed by atoms with E-state index in [1.807, 2.05) is 26.8 Å². The van der Waals surface area contributed by atoms with Crippen molar-refractivity contribution in [1.82, 2.24) is 4.90 Å². The van der Waals surface area contributed by atoms with E-state index < -0.39 is 14.6 Å². The van der Waals surface area contributed by atoms with Crippen LogP contribution < -0.4 is 0 Å². The summed E-state index contributed by atoms with van der Waals surface area (Å²) in [6, 6.07) is 8.79. The van der Waals surface area contributed by atoms with Crippen LogP contribution in [0.4, 0.5) is 0 Å². The van der Waals surface area contributed by atoms with Gasteiger partial charge in [0.1, 0.15) is 0 Å². The molecule has 0 aromatic heterocycles. The molecular weight excluding hydrogens is 318 g/mol. The first-order valence-corrected chi connectivity index (χ1v) is 10.3. The molecule has 0 bridgehead atoms. The third-order valence-corrected chi connectivity index (χ3v) is 7.44. The van der Waals surface area contributed by atoms with Crippen LogP contribution in [0.2, 0.25) is 0 Å². The molecule has 132 valence electrons. The zero-order chi connectivity index (χ0) is 17.6. The van der Waals surface area contributed by atoms with Crippen LogP contribution >= 0.6 is 0 Å². The minimum atomic E-state index is -3.30. The van der Waals surface area contributed by atoms with Gasteiger partial charge in [0.05, 0.1) is 9.64 Å². The molecule has 1 aromatic carbocycles. The van der Waals surface area contributed by atoms with E-state index in [9.17, 15) is 8.42 Å². The Balaban J connectivity index is 1.91. The maximum absolute atomic E-state index is 12.8. The van der Waals surface area contributed by atoms with Crippen LogP contribution in [0.25, 0.3) is 0 Å². The minimum absolute atomic E-state index is 0.422. The Bertz CT molecular complexity index is 683. The quantitative estimate of drug-likeness (QED) is 0.736. The topological polar surface area (TPSA) is 37.4 Å². The number of sulfone groups is 1. The molecular formula is C20H29NO2S. The van der Waals surface area contributed by atoms with Crippen molar-refractivity contribution in [3.63, 3.8) is 0 Å². The lowest BCUT2D eigenvalue weighted by molar-refractivity contribution is 0.195. The second-order valence-electron chi connectivity index (χ2n) is 7.21. The second-order valence-corrected chi connectivity index (χ2v) is 9.80. The monoisotopic (exact) mass is 347 g/mol. The van der Waals surface area contributed by atoms with Crippen LogP contribution in [0.1, 0.15) is 46.5 Å². The molecule has 24 heavy (non-hydrogen) atoms. The Hall–Kier alpha value is -1.31. The third kappa shape index (κ3) is 4.62. The van der Waals surface area contributed by atoms with Crippen LogP contribution in [0.3, 0.4) is 0 Å². The summed E-state index contributed by atoms with van der Waals surface area (Å²) < 4.78 is 24.9. The first-order valence-electron chi connectivity index (χ1n) is 8.81. The fraction of sp³-hybridized carbons (Fsp3) is 0.600. The highest BCUT2D eigenvalue weighted by Gasteiger charge is 2.35. The molecule has 1 atom stereocenters. The number of rotatable bonds is 6. The zero-order valence-corrected chi connectivity index (χ0v) is 15.9. The lowest BCUT2D eigenvalue weighted by Gasteiger charge is -2.31. The van der Waals surface area contributed by atoms with E-state index in [4.69, 9.17) is 0 Å². The van der Waals surface area contributed by atoms with Gasteiger partial charge in [-0.15, -0.1) is 5.92 Å². The van der Waals surface area contributed by atoms with Gasteiger partial charge in [-0.2, -0.15) is 0 Å². The molecule has 0 spiro atoms. The van der Waals surface area contributed by atoms with Crippen molar-refractivity contribution in [3.05, 3.63) is 30.3 Å². The van der Waals surface area contributed by atoms with E-state index in [-0.39, 0.29) is 0 Å². The number of benzene rings is 1. The SMILES string of the molecule is CC#CC1CCCN(CCCC(C)(C)S(=O)(=O)c2ccccc2)C1. The predicted octanol–water partition coefficient (Wildman–Crippen LogP) is 3.75. The molecule has 0 saturated carbocycles. The van der Waals surface area contributed by atoms with Crippen LogP contribution in [-0.2, 0) is 9.84 Å². The molecule has 1 aliphatic heterocycles. The Morgan fingerprint density at radius 1 is 1.25 bits per heavy atom. The molecule has 1 heterocycles. The van der Waals surface area contributed by atoms with Crippen molar-refractivity contribution in [2.45, 2.75) is 56.1 Å². The molecule has 2 rings (SSSR count). The van der Waals surface area contributed by atoms with E-state index in [0.29, 0.717) is 17.2 Å². The van der Waals surface area contributed by atoms with Gasteiger partial charge in [0.15, 0.2) is 9.84 Å². The fourth-order valence-electron chi connectivity index (χ4n) is 3.36. The third-order valence-electron chi connectivity index (χ3n) is 4.89. The summed E-state index contributed by atoms with van der Waals surface area (Å²) >= 11 is 0. The highest BCUT2D eigenvalue weighted by atomic mass is 32.2. The minimum Gasteiger partial charge on any atom is -0.302 e. The summed E-state index contributed by atoms with van der Waals surface area (Å²) in [5.41, 5.74) is 0. The van der Waals surface area contributed by atoms with E-state index >= 15 is 0 Å². The maximum Gasteiger partial charge on any atom is 0.183 e. The van der Waals surface area contributed by atoms with Gasteiger partial charge in [-0.1, -0.05) is 24.1 Å². The number of hydrogen-bond donors (Lipinski definition) is 0. The number of likely N-dealkylation sites (tertiary alicyclic amines) is 1. The summed E-state index contributed by atoms with van der Waals surface area (Å²) in [4.78, 5) is 2.86. The fourth-order valence-corrected chi connectivity index (χ4v) is 4.93. The summed E-state index contributed by atoms with van der Waals surface area (Å²) in [7, 11) is -3.30. The van der Waals surface area contributed by atoms with Crippen molar-refractivity contribution >= 4 is 9.84 Å². The summed E-state index contributed by atoms with van der Waals surface area (Å²) in [5, 5.41) is 0. The molecule has 0 amide bonds. The van der Waals surface area contributed by atoms with Crippen LogP contribution in [-0.4, -0.2) is 37.7 Å². The molecule has 1 aliphatic rings. The lowest BCUT2D eigenvalue weighted by atomic mass is 9.98. The van der Waals surface area contributed by atoms with Crippen LogP contribution in [0, 0.1) is 17.8 Å². The Morgan fingerprint density at radius 3 is 2.62 bits per heavy atom. The number of piperidine rings is 1. The molecule has 0 N–H and O–H groups in total. The van der Waals surface area contributed by atoms with Crippen molar-refractivity contribution in [3.8, 4) is 11.8 Å². The predicted molar refractivity (Wildman–Crippen MR) is 99.6 cm³/mol. The van der Waals surface area contributed by atoms with Crippen LogP contribution in [0.15, 0.2) is 35.2 Å². The van der Waals surface area contributed by atoms with Gasteiger partial charge in [0, 0.05) is 12.5 Å². The molecule has 1 unspecified atom stereocenters. The van der Waals surface area contributed by atoms with Crippen molar-refractivity contribution < 1.29 is 8.42 Å². The van der Waals surface area contributed by atoms with Crippen molar-refractivity contribution in [2.75, 3.05) is 19.6 Å². The molecule has 0 aliphatic carbocycles. The van der Waals surface area contributed by atoms with E-state index in [0.717, 1.165) is 26.1 Å². The molecule has 1 aromatic rings. The highest BCUT2D eigenvalue weighted by molar-refractivity contribution is 7.92. The first kappa shape index (κ1) is 19.0. The normalized spacial score (nSPS) is 19.5. The maximum atomic E-state index is 12.8. The zero-order valence-electron chi connectivity index (χ0n) is 15.1. The summed E-state index contributed by atoms with van der Waals surface area (Å²) in [5.74, 6) is 6.78. The Morgan fingerprint density at radius 2 is 1.96 bits per heavy atom. The van der Waals surface area contributed by atoms with Gasteiger partial charge < -0.3 is 4.90 Å². The molecule has 4 heteroatoms. The Labute approximate surface area is 147 Å². The van der Waals surface area contributed by atoms with E-state index in [1.165, 1.54) is 12.8 Å². The lowest BCUT2D eigenvalue weighted by Crippen LogP contribution is -2.37. The van der Waals surface area contributed by atoms with Crippen molar-refractivity contribution in [1.29, 1.82) is 0 Å². The van der Waals surface area contributed by atoms with Gasteiger partial charge in [-0.05, 0) is 71.7 Å². The van der Waals surface area contributed by atoms with Gasteiger partial charge in [-0.3, -0.25) is 0 Å². The van der Waals surface area contributed by atoms with Gasteiger partial charge in [0.25, 0.3) is 0 Å². The van der Waals surface area contributed by atoms with Gasteiger partial charge in [-0.25, -0.2) is 8.42 Å². The second kappa shape index (κ2) is 8.18. The smallest absolute Gasteiger partial charge is 0.183 e. The number of hydrogen-bond acceptors (Lipinski definition) is 3. The van der Waals surface area contributed by atoms with Crippen LogP contribution in [0.5, 0.6) is 0 Å². The van der Waals surface area contributed by atoms with Crippen molar-refractivity contribution in [2.24, 2.45) is 5.92 Å².